The molecule has 1 amide bonds. The molecule has 2 fully saturated rings. The van der Waals surface area contributed by atoms with Crippen molar-refractivity contribution in [3.8, 4) is 11.5 Å². The zero-order chi connectivity index (χ0) is 18.8. The van der Waals surface area contributed by atoms with Gasteiger partial charge >= 0.3 is 0 Å². The summed E-state index contributed by atoms with van der Waals surface area (Å²) in [6, 6.07) is 3.50. The molecule has 1 aliphatic carbocycles. The average Bonchev–Trinajstić information content (AvgIpc) is 2.83. The highest BCUT2D eigenvalue weighted by atomic mass is 79.9. The molecule has 5 nitrogen and oxygen atoms in total. The molecule has 0 radical (unpaired) electrons. The number of rotatable bonds is 4. The van der Waals surface area contributed by atoms with E-state index in [0.29, 0.717) is 27.6 Å². The van der Waals surface area contributed by atoms with E-state index in [2.05, 4.69) is 15.9 Å². The first-order valence-electron chi connectivity index (χ1n) is 8.92. The van der Waals surface area contributed by atoms with Gasteiger partial charge in [0.2, 0.25) is 0 Å². The number of ether oxygens (including phenoxy) is 1. The molecule has 1 aromatic rings. The average molecular weight is 439 g/mol. The normalized spacial score (nSPS) is 20.3. The molecule has 26 heavy (non-hydrogen) atoms. The lowest BCUT2D eigenvalue weighted by Crippen LogP contribution is -2.41. The van der Waals surface area contributed by atoms with Gasteiger partial charge in [0.15, 0.2) is 16.6 Å². The molecule has 3 rings (SSSR count). The summed E-state index contributed by atoms with van der Waals surface area (Å²) in [6.45, 7) is 2.30. The van der Waals surface area contributed by atoms with Gasteiger partial charge in [-0.25, -0.2) is 0 Å². The standard InChI is InChI=1S/C19H23BrN2O3S/c1-3-25-17-10-12(14(20)11-16(17)23)9-15-18(24)22(19(26)21(15)2)13-7-5-4-6-8-13/h9-11,13,23H,3-8H2,1-2H3/b15-9-. The summed E-state index contributed by atoms with van der Waals surface area (Å²) in [4.78, 5) is 16.6. The fourth-order valence-electron chi connectivity index (χ4n) is 3.53. The third-order valence-electron chi connectivity index (χ3n) is 4.90. The maximum atomic E-state index is 13.1. The number of carbonyl (C=O) groups is 1. The van der Waals surface area contributed by atoms with E-state index in [1.54, 1.807) is 28.0 Å². The van der Waals surface area contributed by atoms with Crippen LogP contribution < -0.4 is 4.74 Å². The van der Waals surface area contributed by atoms with Gasteiger partial charge in [0.1, 0.15) is 5.70 Å². The highest BCUT2D eigenvalue weighted by Gasteiger charge is 2.40. The van der Waals surface area contributed by atoms with Crippen molar-refractivity contribution in [3.05, 3.63) is 27.9 Å². The summed E-state index contributed by atoms with van der Waals surface area (Å²) in [6.07, 6.45) is 7.31. The molecule has 1 aromatic carbocycles. The zero-order valence-electron chi connectivity index (χ0n) is 15.0. The van der Waals surface area contributed by atoms with Crippen LogP contribution in [0.1, 0.15) is 44.6 Å². The van der Waals surface area contributed by atoms with Crippen molar-refractivity contribution in [3.63, 3.8) is 0 Å². The number of halogens is 1. The molecule has 1 saturated carbocycles. The Labute approximate surface area is 167 Å². The highest BCUT2D eigenvalue weighted by Crippen LogP contribution is 2.36. The van der Waals surface area contributed by atoms with Crippen molar-refractivity contribution in [2.45, 2.75) is 45.1 Å². The minimum Gasteiger partial charge on any atom is -0.504 e. The largest absolute Gasteiger partial charge is 0.504 e. The molecule has 1 heterocycles. The number of benzene rings is 1. The van der Waals surface area contributed by atoms with Gasteiger partial charge in [-0.3, -0.25) is 9.69 Å². The van der Waals surface area contributed by atoms with Crippen LogP contribution in [-0.4, -0.2) is 45.6 Å². The summed E-state index contributed by atoms with van der Waals surface area (Å²) in [5, 5.41) is 10.5. The van der Waals surface area contributed by atoms with Gasteiger partial charge in [-0.05, 0) is 55.8 Å². The van der Waals surface area contributed by atoms with E-state index < -0.39 is 0 Å². The minimum atomic E-state index is -0.0534. The van der Waals surface area contributed by atoms with E-state index in [4.69, 9.17) is 17.0 Å². The van der Waals surface area contributed by atoms with Crippen molar-refractivity contribution < 1.29 is 14.6 Å². The van der Waals surface area contributed by atoms with Gasteiger partial charge < -0.3 is 14.7 Å². The van der Waals surface area contributed by atoms with Crippen LogP contribution in [0.5, 0.6) is 11.5 Å². The van der Waals surface area contributed by atoms with Crippen molar-refractivity contribution in [1.82, 2.24) is 9.80 Å². The van der Waals surface area contributed by atoms with E-state index in [-0.39, 0.29) is 17.7 Å². The molecule has 1 saturated heterocycles. The third-order valence-corrected chi connectivity index (χ3v) is 6.06. The monoisotopic (exact) mass is 438 g/mol. The summed E-state index contributed by atoms with van der Waals surface area (Å²) in [5.41, 5.74) is 1.30. The fraction of sp³-hybridized carbons (Fsp3) is 0.474. The lowest BCUT2D eigenvalue weighted by atomic mass is 9.94. The van der Waals surface area contributed by atoms with Crippen LogP contribution in [0.2, 0.25) is 0 Å². The molecule has 7 heteroatoms. The Morgan fingerprint density at radius 1 is 1.35 bits per heavy atom. The Morgan fingerprint density at radius 2 is 2.04 bits per heavy atom. The lowest BCUT2D eigenvalue weighted by Gasteiger charge is -2.30. The Balaban J connectivity index is 1.94. The van der Waals surface area contributed by atoms with Gasteiger partial charge in [0, 0.05) is 17.6 Å². The predicted molar refractivity (Wildman–Crippen MR) is 109 cm³/mol. The van der Waals surface area contributed by atoms with Gasteiger partial charge in [-0.1, -0.05) is 35.2 Å². The minimum absolute atomic E-state index is 0.0534. The number of phenolic OH excluding ortho intramolecular Hbond substituents is 1. The Hall–Kier alpha value is -1.60. The molecule has 2 aliphatic rings. The first-order valence-corrected chi connectivity index (χ1v) is 10.1. The second kappa shape index (κ2) is 7.96. The van der Waals surface area contributed by atoms with E-state index in [9.17, 15) is 9.90 Å². The number of likely N-dealkylation sites (N-methyl/N-ethyl adjacent to an activating group) is 1. The SMILES string of the molecule is CCOc1cc(/C=C2/C(=O)N(C3CCCCC3)C(=S)N2C)c(Br)cc1O. The second-order valence-electron chi connectivity index (χ2n) is 6.61. The molecule has 0 aromatic heterocycles. The number of carbonyl (C=O) groups excluding carboxylic acids is 1. The van der Waals surface area contributed by atoms with Crippen LogP contribution in [0.3, 0.4) is 0 Å². The van der Waals surface area contributed by atoms with Crippen LogP contribution in [0, 0.1) is 0 Å². The summed E-state index contributed by atoms with van der Waals surface area (Å²) >= 11 is 9.00. The second-order valence-corrected chi connectivity index (χ2v) is 7.83. The van der Waals surface area contributed by atoms with Crippen LogP contribution in [0.4, 0.5) is 0 Å². The van der Waals surface area contributed by atoms with E-state index in [1.807, 2.05) is 14.0 Å². The molecule has 0 spiro atoms. The van der Waals surface area contributed by atoms with Crippen LogP contribution >= 0.6 is 28.1 Å². The maximum Gasteiger partial charge on any atom is 0.277 e. The maximum absolute atomic E-state index is 13.1. The van der Waals surface area contributed by atoms with Crippen molar-refractivity contribution >= 4 is 45.2 Å². The Bertz CT molecular complexity index is 759. The summed E-state index contributed by atoms with van der Waals surface area (Å²) in [5.74, 6) is 0.399. The number of hydrogen-bond donors (Lipinski definition) is 1. The number of aromatic hydroxyl groups is 1. The molecule has 0 unspecified atom stereocenters. The van der Waals surface area contributed by atoms with E-state index in [1.165, 1.54) is 6.42 Å². The lowest BCUT2D eigenvalue weighted by molar-refractivity contribution is -0.124. The van der Waals surface area contributed by atoms with Crippen LogP contribution in [-0.2, 0) is 4.79 Å². The molecule has 0 bridgehead atoms. The van der Waals surface area contributed by atoms with Crippen LogP contribution in [0.25, 0.3) is 6.08 Å². The van der Waals surface area contributed by atoms with E-state index in [0.717, 1.165) is 31.2 Å². The van der Waals surface area contributed by atoms with Gasteiger partial charge in [-0.15, -0.1) is 0 Å². The Kier molecular flexibility index (Phi) is 5.87. The number of hydrogen-bond acceptors (Lipinski definition) is 4. The van der Waals surface area contributed by atoms with E-state index >= 15 is 0 Å². The molecule has 140 valence electrons. The van der Waals surface area contributed by atoms with Crippen molar-refractivity contribution in [1.29, 1.82) is 0 Å². The smallest absolute Gasteiger partial charge is 0.277 e. The first-order chi connectivity index (χ1) is 12.4. The topological polar surface area (TPSA) is 53.0 Å². The number of phenols is 1. The molecule has 0 atom stereocenters. The van der Waals surface area contributed by atoms with Gasteiger partial charge in [0.05, 0.1) is 6.61 Å². The number of amides is 1. The fourth-order valence-corrected chi connectivity index (χ4v) is 4.30. The molecular formula is C19H23BrN2O3S. The number of thiocarbonyl (C=S) groups is 1. The summed E-state index contributed by atoms with van der Waals surface area (Å²) < 4.78 is 6.14. The Morgan fingerprint density at radius 3 is 2.69 bits per heavy atom. The van der Waals surface area contributed by atoms with Crippen LogP contribution in [0.15, 0.2) is 22.3 Å². The van der Waals surface area contributed by atoms with Crippen molar-refractivity contribution in [2.24, 2.45) is 0 Å². The van der Waals surface area contributed by atoms with Crippen molar-refractivity contribution in [2.75, 3.05) is 13.7 Å². The van der Waals surface area contributed by atoms with Gasteiger partial charge in [0.25, 0.3) is 5.91 Å². The highest BCUT2D eigenvalue weighted by molar-refractivity contribution is 9.10. The molecule has 1 N–H and O–H groups in total. The molecule has 1 aliphatic heterocycles. The third kappa shape index (κ3) is 3.60. The summed E-state index contributed by atoms with van der Waals surface area (Å²) in [7, 11) is 1.83. The quantitative estimate of drug-likeness (QED) is 0.561. The number of nitrogens with zero attached hydrogens (tertiary/aromatic N) is 2. The van der Waals surface area contributed by atoms with Gasteiger partial charge in [-0.2, -0.15) is 0 Å². The molecular weight excluding hydrogens is 416 g/mol. The first kappa shape index (κ1) is 19.2. The zero-order valence-corrected chi connectivity index (χ0v) is 17.4. The predicted octanol–water partition coefficient (Wildman–Crippen LogP) is 4.29.